The molecular formula is C27H26F5N3O3. The van der Waals surface area contributed by atoms with Gasteiger partial charge in [-0.25, -0.2) is 13.8 Å². The quantitative estimate of drug-likeness (QED) is 0.414. The van der Waals surface area contributed by atoms with E-state index in [2.05, 4.69) is 9.88 Å². The summed E-state index contributed by atoms with van der Waals surface area (Å²) in [6.45, 7) is 5.71. The predicted molar refractivity (Wildman–Crippen MR) is 128 cm³/mol. The lowest BCUT2D eigenvalue weighted by molar-refractivity contribution is -0.142. The predicted octanol–water partition coefficient (Wildman–Crippen LogP) is 5.34. The standard InChI is InChI=1S/C27H26F5N3O3/c1-3-34(4-2)17-10-15(11-17)14-35-21-13-16(24-33-8-9-38-24)12-18(27(30,31)32)22(21)26(37,25(35)36)23-19(28)6-5-7-20(23)29/h5-9,12-13,15,17,37H,3-4,10-11,14H2,1-2H3. The molecule has 6 nitrogen and oxygen atoms in total. The number of aliphatic hydroxyl groups is 1. The molecule has 0 saturated heterocycles. The number of carbonyl (C=O) groups is 1. The number of oxazole rings is 1. The Labute approximate surface area is 215 Å². The molecular weight excluding hydrogens is 509 g/mol. The Bertz CT molecular complexity index is 1330. The topological polar surface area (TPSA) is 69.8 Å². The lowest BCUT2D eigenvalue weighted by Gasteiger charge is -2.43. The highest BCUT2D eigenvalue weighted by molar-refractivity contribution is 6.10. The van der Waals surface area contributed by atoms with E-state index in [1.165, 1.54) is 18.5 Å². The molecule has 202 valence electrons. The molecule has 1 atom stereocenters. The molecule has 0 radical (unpaired) electrons. The number of benzene rings is 2. The Hall–Kier alpha value is -3.31. The minimum atomic E-state index is -5.08. The Balaban J connectivity index is 1.68. The fraction of sp³-hybridized carbons (Fsp3) is 0.407. The lowest BCUT2D eigenvalue weighted by atomic mass is 9.78. The molecule has 5 rings (SSSR count). The van der Waals surface area contributed by atoms with Crippen LogP contribution in [0.25, 0.3) is 11.5 Å². The second kappa shape index (κ2) is 9.46. The van der Waals surface area contributed by atoms with Crippen molar-refractivity contribution in [2.24, 2.45) is 5.92 Å². The number of amides is 1. The summed E-state index contributed by atoms with van der Waals surface area (Å²) in [5.74, 6) is -4.11. The zero-order chi connectivity index (χ0) is 27.4. The molecule has 1 aliphatic heterocycles. The highest BCUT2D eigenvalue weighted by atomic mass is 19.4. The number of alkyl halides is 3. The summed E-state index contributed by atoms with van der Waals surface area (Å²) in [4.78, 5) is 21.0. The molecule has 2 aromatic carbocycles. The Morgan fingerprint density at radius 3 is 2.34 bits per heavy atom. The van der Waals surface area contributed by atoms with Gasteiger partial charge in [-0.15, -0.1) is 0 Å². The van der Waals surface area contributed by atoms with Crippen LogP contribution in [-0.2, 0) is 16.6 Å². The van der Waals surface area contributed by atoms with Crippen molar-refractivity contribution in [2.75, 3.05) is 24.5 Å². The molecule has 1 saturated carbocycles. The SMILES string of the molecule is CCN(CC)C1CC(CN2C(=O)C(O)(c3c(F)cccc3F)c3c2cc(-c2ncco2)cc3C(F)(F)F)C1. The van der Waals surface area contributed by atoms with Crippen molar-refractivity contribution in [3.63, 3.8) is 0 Å². The van der Waals surface area contributed by atoms with E-state index in [9.17, 15) is 31.9 Å². The van der Waals surface area contributed by atoms with Crippen LogP contribution in [-0.4, -0.2) is 46.6 Å². The van der Waals surface area contributed by atoms with E-state index in [0.29, 0.717) is 18.9 Å². The Morgan fingerprint density at radius 2 is 1.79 bits per heavy atom. The number of halogens is 5. The number of anilines is 1. The van der Waals surface area contributed by atoms with Crippen molar-refractivity contribution in [1.82, 2.24) is 9.88 Å². The van der Waals surface area contributed by atoms with Gasteiger partial charge in [0.25, 0.3) is 5.91 Å². The van der Waals surface area contributed by atoms with Gasteiger partial charge in [-0.2, -0.15) is 13.2 Å². The highest BCUT2D eigenvalue weighted by Gasteiger charge is 2.58. The Kier molecular flexibility index (Phi) is 6.55. The van der Waals surface area contributed by atoms with Crippen LogP contribution in [0.3, 0.4) is 0 Å². The molecule has 11 heteroatoms. The van der Waals surface area contributed by atoms with Gasteiger partial charge in [-0.05, 0) is 56.1 Å². The van der Waals surface area contributed by atoms with Crippen molar-refractivity contribution in [3.8, 4) is 11.5 Å². The van der Waals surface area contributed by atoms with Crippen LogP contribution in [0.15, 0.2) is 47.2 Å². The van der Waals surface area contributed by atoms with Gasteiger partial charge in [0.15, 0.2) is 0 Å². The van der Waals surface area contributed by atoms with Crippen LogP contribution in [0.5, 0.6) is 0 Å². The Morgan fingerprint density at radius 1 is 1.13 bits per heavy atom. The molecule has 2 heterocycles. The molecule has 3 aromatic rings. The molecule has 2 aliphatic rings. The van der Waals surface area contributed by atoms with Crippen molar-refractivity contribution in [1.29, 1.82) is 0 Å². The number of nitrogens with zero attached hydrogens (tertiary/aromatic N) is 3. The second-order valence-electron chi connectivity index (χ2n) is 9.69. The van der Waals surface area contributed by atoms with Gasteiger partial charge in [0, 0.05) is 23.7 Å². The first-order valence-electron chi connectivity index (χ1n) is 12.4. The second-order valence-corrected chi connectivity index (χ2v) is 9.69. The van der Waals surface area contributed by atoms with Gasteiger partial charge < -0.3 is 19.3 Å². The van der Waals surface area contributed by atoms with Gasteiger partial charge in [0.05, 0.1) is 23.0 Å². The van der Waals surface area contributed by atoms with E-state index in [0.717, 1.165) is 36.2 Å². The zero-order valence-electron chi connectivity index (χ0n) is 20.7. The monoisotopic (exact) mass is 535 g/mol. The summed E-state index contributed by atoms with van der Waals surface area (Å²) in [7, 11) is 0. The van der Waals surface area contributed by atoms with Gasteiger partial charge in [0.2, 0.25) is 11.5 Å². The van der Waals surface area contributed by atoms with E-state index < -0.39 is 46.0 Å². The van der Waals surface area contributed by atoms with E-state index in [1.807, 2.05) is 13.8 Å². The fourth-order valence-electron chi connectivity index (χ4n) is 5.75. The zero-order valence-corrected chi connectivity index (χ0v) is 20.7. The molecule has 1 aliphatic carbocycles. The maximum Gasteiger partial charge on any atom is 0.416 e. The van der Waals surface area contributed by atoms with Crippen molar-refractivity contribution < 1.29 is 36.3 Å². The third-order valence-corrected chi connectivity index (χ3v) is 7.61. The normalized spacial score (nSPS) is 23.2. The molecule has 1 unspecified atom stereocenters. The van der Waals surface area contributed by atoms with E-state index in [-0.39, 0.29) is 35.6 Å². The number of hydrogen-bond donors (Lipinski definition) is 1. The number of carbonyl (C=O) groups excluding carboxylic acids is 1. The fourth-order valence-corrected chi connectivity index (χ4v) is 5.75. The largest absolute Gasteiger partial charge is 0.445 e. The summed E-state index contributed by atoms with van der Waals surface area (Å²) in [6.07, 6.45) is -1.25. The van der Waals surface area contributed by atoms with Gasteiger partial charge in [-0.3, -0.25) is 4.79 Å². The highest BCUT2D eigenvalue weighted by Crippen LogP contribution is 2.53. The number of fused-ring (bicyclic) bond motifs is 1. The van der Waals surface area contributed by atoms with Crippen molar-refractivity contribution in [3.05, 3.63) is 71.1 Å². The van der Waals surface area contributed by atoms with Gasteiger partial charge in [0.1, 0.15) is 17.9 Å². The molecule has 1 fully saturated rings. The van der Waals surface area contributed by atoms with Crippen LogP contribution >= 0.6 is 0 Å². The molecule has 0 spiro atoms. The molecule has 0 bridgehead atoms. The average Bonchev–Trinajstić information content (AvgIpc) is 3.44. The number of rotatable bonds is 7. The summed E-state index contributed by atoms with van der Waals surface area (Å²) >= 11 is 0. The van der Waals surface area contributed by atoms with Gasteiger partial charge >= 0.3 is 6.18 Å². The molecule has 1 amide bonds. The van der Waals surface area contributed by atoms with Crippen molar-refractivity contribution in [2.45, 2.75) is 44.5 Å². The summed E-state index contributed by atoms with van der Waals surface area (Å²) in [5.41, 5.74) is -7.06. The average molecular weight is 536 g/mol. The number of aromatic nitrogens is 1. The minimum absolute atomic E-state index is 0.0195. The third kappa shape index (κ3) is 4.08. The first-order chi connectivity index (χ1) is 18.0. The third-order valence-electron chi connectivity index (χ3n) is 7.61. The first-order valence-corrected chi connectivity index (χ1v) is 12.4. The van der Waals surface area contributed by atoms with E-state index >= 15 is 0 Å². The molecule has 1 aromatic heterocycles. The lowest BCUT2D eigenvalue weighted by Crippen LogP contribution is -2.50. The number of hydrogen-bond acceptors (Lipinski definition) is 5. The van der Waals surface area contributed by atoms with Crippen LogP contribution in [0, 0.1) is 17.6 Å². The van der Waals surface area contributed by atoms with E-state index in [1.54, 1.807) is 0 Å². The van der Waals surface area contributed by atoms with Crippen LogP contribution < -0.4 is 4.90 Å². The maximum atomic E-state index is 14.9. The van der Waals surface area contributed by atoms with Crippen LogP contribution in [0.4, 0.5) is 27.6 Å². The summed E-state index contributed by atoms with van der Waals surface area (Å²) < 4.78 is 78.4. The molecule has 38 heavy (non-hydrogen) atoms. The minimum Gasteiger partial charge on any atom is -0.445 e. The molecule has 1 N–H and O–H groups in total. The van der Waals surface area contributed by atoms with Crippen molar-refractivity contribution >= 4 is 11.6 Å². The summed E-state index contributed by atoms with van der Waals surface area (Å²) in [5, 5.41) is 11.7. The van der Waals surface area contributed by atoms with Crippen LogP contribution in [0.1, 0.15) is 43.4 Å². The first kappa shape index (κ1) is 26.3. The smallest absolute Gasteiger partial charge is 0.416 e. The van der Waals surface area contributed by atoms with E-state index in [4.69, 9.17) is 4.42 Å². The van der Waals surface area contributed by atoms with Crippen LogP contribution in [0.2, 0.25) is 0 Å². The maximum absolute atomic E-state index is 14.9. The van der Waals surface area contributed by atoms with Gasteiger partial charge in [-0.1, -0.05) is 19.9 Å². The summed E-state index contributed by atoms with van der Waals surface area (Å²) in [6, 6.07) is 4.77.